The summed E-state index contributed by atoms with van der Waals surface area (Å²) in [7, 11) is 0. The van der Waals surface area contributed by atoms with Crippen molar-refractivity contribution in [2.24, 2.45) is 0 Å². The smallest absolute Gasteiger partial charge is 0.224 e. The van der Waals surface area contributed by atoms with Gasteiger partial charge < -0.3 is 5.32 Å². The number of hydrogen-bond acceptors (Lipinski definition) is 3. The van der Waals surface area contributed by atoms with E-state index in [4.69, 9.17) is 11.6 Å². The van der Waals surface area contributed by atoms with Crippen molar-refractivity contribution in [3.63, 3.8) is 0 Å². The van der Waals surface area contributed by atoms with Crippen LogP contribution in [0.3, 0.4) is 0 Å². The van der Waals surface area contributed by atoms with Crippen LogP contribution in [0.5, 0.6) is 0 Å². The fourth-order valence-electron chi connectivity index (χ4n) is 0.776. The minimum absolute atomic E-state index is 0.227. The zero-order chi connectivity index (χ0) is 9.90. The zero-order valence-electron chi connectivity index (χ0n) is 7.55. The summed E-state index contributed by atoms with van der Waals surface area (Å²) in [6.45, 7) is 9.65. The predicted molar refractivity (Wildman–Crippen MR) is 54.4 cm³/mol. The second-order valence-electron chi connectivity index (χ2n) is 3.15. The molecule has 0 aliphatic carbocycles. The lowest BCUT2D eigenvalue weighted by Gasteiger charge is -2.24. The molecule has 1 heterocycles. The zero-order valence-corrected chi connectivity index (χ0v) is 8.30. The Labute approximate surface area is 83.5 Å². The average molecular weight is 198 g/mol. The number of hydrogen-bond donors (Lipinski definition) is 1. The van der Waals surface area contributed by atoms with Crippen LogP contribution in [0.15, 0.2) is 12.3 Å². The summed E-state index contributed by atoms with van der Waals surface area (Å²) in [6.07, 6.45) is 2.26. The number of rotatable bonds is 3. The van der Waals surface area contributed by atoms with Crippen LogP contribution in [0.25, 0.3) is 0 Å². The molecule has 0 aromatic carbocycles. The third-order valence-corrected chi connectivity index (χ3v) is 1.79. The Hall–Kier alpha value is -0.830. The van der Waals surface area contributed by atoms with E-state index in [0.29, 0.717) is 12.2 Å². The van der Waals surface area contributed by atoms with E-state index in [9.17, 15) is 0 Å². The highest BCUT2D eigenvalue weighted by Gasteiger charge is 2.14. The predicted octanol–water partition coefficient (Wildman–Crippen LogP) is 2.36. The molecule has 0 bridgehead atoms. The third kappa shape index (κ3) is 3.19. The number of nitrogens with zero attached hydrogens (tertiary/aromatic N) is 2. The van der Waals surface area contributed by atoms with Crippen molar-refractivity contribution in [3.8, 4) is 0 Å². The number of anilines is 1. The van der Waals surface area contributed by atoms with Gasteiger partial charge in [-0.1, -0.05) is 6.92 Å². The second-order valence-corrected chi connectivity index (χ2v) is 3.48. The Morgan fingerprint density at radius 1 is 1.69 bits per heavy atom. The molecule has 4 heteroatoms. The van der Waals surface area contributed by atoms with Crippen LogP contribution < -0.4 is 5.32 Å². The van der Waals surface area contributed by atoms with Gasteiger partial charge in [-0.05, 0) is 37.9 Å². The SMILES string of the molecule is [CH2]C[C@@]([CH2])(C)Nc1ccnc(Cl)n1. The maximum atomic E-state index is 5.62. The van der Waals surface area contributed by atoms with Gasteiger partial charge in [-0.15, -0.1) is 0 Å². The van der Waals surface area contributed by atoms with Gasteiger partial charge in [0.05, 0.1) is 0 Å². The molecule has 0 aliphatic heterocycles. The van der Waals surface area contributed by atoms with E-state index in [0.717, 1.165) is 0 Å². The van der Waals surface area contributed by atoms with E-state index >= 15 is 0 Å². The Morgan fingerprint density at radius 2 is 2.38 bits per heavy atom. The standard InChI is InChI=1S/C9H12ClN3/c1-4-9(2,3)13-7-5-6-11-8(10)12-7/h5-6H,1-2,4H2,3H3,(H,11,12,13)/t9-/m1/s1. The molecule has 1 N–H and O–H groups in total. The van der Waals surface area contributed by atoms with Crippen molar-refractivity contribution < 1.29 is 0 Å². The molecule has 0 amide bonds. The third-order valence-electron chi connectivity index (χ3n) is 1.61. The minimum atomic E-state index is -0.322. The van der Waals surface area contributed by atoms with E-state index in [-0.39, 0.29) is 10.8 Å². The molecule has 0 spiro atoms. The number of halogens is 1. The van der Waals surface area contributed by atoms with Gasteiger partial charge in [0.2, 0.25) is 5.28 Å². The maximum absolute atomic E-state index is 5.62. The summed E-state index contributed by atoms with van der Waals surface area (Å²) < 4.78 is 0. The molecule has 0 saturated heterocycles. The summed E-state index contributed by atoms with van der Waals surface area (Å²) in [6, 6.07) is 1.74. The van der Waals surface area contributed by atoms with Crippen molar-refractivity contribution in [1.82, 2.24) is 9.97 Å². The van der Waals surface area contributed by atoms with Gasteiger partial charge in [0.15, 0.2) is 0 Å². The summed E-state index contributed by atoms with van der Waals surface area (Å²) in [5.74, 6) is 0.668. The van der Waals surface area contributed by atoms with Crippen LogP contribution in [-0.4, -0.2) is 15.5 Å². The average Bonchev–Trinajstić information content (AvgIpc) is 2.03. The summed E-state index contributed by atoms with van der Waals surface area (Å²) in [5.41, 5.74) is -0.322. The fourth-order valence-corrected chi connectivity index (χ4v) is 0.924. The van der Waals surface area contributed by atoms with Gasteiger partial charge in [0.1, 0.15) is 5.82 Å². The van der Waals surface area contributed by atoms with E-state index < -0.39 is 0 Å². The summed E-state index contributed by atoms with van der Waals surface area (Å²) in [4.78, 5) is 7.76. The Bertz CT molecular complexity index is 286. The lowest BCUT2D eigenvalue weighted by Crippen LogP contribution is -2.30. The molecule has 0 fully saturated rings. The van der Waals surface area contributed by atoms with Crippen LogP contribution in [0, 0.1) is 13.8 Å². The molecule has 13 heavy (non-hydrogen) atoms. The summed E-state index contributed by atoms with van der Waals surface area (Å²) >= 11 is 5.62. The molecule has 1 aromatic heterocycles. The first-order chi connectivity index (χ1) is 6.03. The molecule has 70 valence electrons. The molecule has 0 unspecified atom stereocenters. The van der Waals surface area contributed by atoms with Gasteiger partial charge in [-0.25, -0.2) is 9.97 Å². The van der Waals surface area contributed by atoms with Crippen LogP contribution >= 0.6 is 11.6 Å². The quantitative estimate of drug-likeness (QED) is 0.756. The van der Waals surface area contributed by atoms with Crippen molar-refractivity contribution in [2.75, 3.05) is 5.32 Å². The van der Waals surface area contributed by atoms with E-state index in [1.54, 1.807) is 12.3 Å². The molecular formula is C9H12ClN3. The van der Waals surface area contributed by atoms with Crippen LogP contribution in [0.2, 0.25) is 5.28 Å². The largest absolute Gasteiger partial charge is 0.365 e. The van der Waals surface area contributed by atoms with Gasteiger partial charge in [0, 0.05) is 11.7 Å². The molecule has 1 rings (SSSR count). The Morgan fingerprint density at radius 3 is 2.92 bits per heavy atom. The molecule has 3 nitrogen and oxygen atoms in total. The van der Waals surface area contributed by atoms with E-state index in [1.165, 1.54) is 0 Å². The lowest BCUT2D eigenvalue weighted by atomic mass is 10.0. The first-order valence-corrected chi connectivity index (χ1v) is 4.33. The van der Waals surface area contributed by atoms with Crippen LogP contribution in [0.4, 0.5) is 5.82 Å². The van der Waals surface area contributed by atoms with Crippen LogP contribution in [-0.2, 0) is 0 Å². The second kappa shape index (κ2) is 3.92. The van der Waals surface area contributed by atoms with Gasteiger partial charge in [0.25, 0.3) is 0 Å². The maximum Gasteiger partial charge on any atom is 0.224 e. The first kappa shape index (κ1) is 10.3. The molecular weight excluding hydrogens is 186 g/mol. The highest BCUT2D eigenvalue weighted by Crippen LogP contribution is 2.15. The van der Waals surface area contributed by atoms with E-state index in [1.807, 2.05) is 6.92 Å². The highest BCUT2D eigenvalue weighted by molar-refractivity contribution is 6.28. The van der Waals surface area contributed by atoms with Crippen molar-refractivity contribution in [1.29, 1.82) is 0 Å². The molecule has 1 atom stereocenters. The van der Waals surface area contributed by atoms with Gasteiger partial charge in [-0.3, -0.25) is 0 Å². The normalized spacial score (nSPS) is 11.4. The fraction of sp³-hybridized carbons (Fsp3) is 0.333. The molecule has 0 saturated carbocycles. The molecule has 2 radical (unpaired) electrons. The van der Waals surface area contributed by atoms with Crippen LogP contribution in [0.1, 0.15) is 13.3 Å². The molecule has 0 aliphatic rings. The number of nitrogens with one attached hydrogen (secondary N) is 1. The topological polar surface area (TPSA) is 37.8 Å². The van der Waals surface area contributed by atoms with Crippen molar-refractivity contribution in [2.45, 2.75) is 18.9 Å². The van der Waals surface area contributed by atoms with Gasteiger partial charge in [-0.2, -0.15) is 0 Å². The summed E-state index contributed by atoms with van der Waals surface area (Å²) in [5, 5.41) is 3.33. The first-order valence-electron chi connectivity index (χ1n) is 3.95. The van der Waals surface area contributed by atoms with Crippen molar-refractivity contribution >= 4 is 17.4 Å². The molecule has 1 aromatic rings. The number of aromatic nitrogens is 2. The Kier molecular flexibility index (Phi) is 3.09. The van der Waals surface area contributed by atoms with E-state index in [2.05, 4.69) is 29.1 Å². The monoisotopic (exact) mass is 197 g/mol. The van der Waals surface area contributed by atoms with Crippen molar-refractivity contribution in [3.05, 3.63) is 31.4 Å². The lowest BCUT2D eigenvalue weighted by molar-refractivity contribution is 0.636. The highest BCUT2D eigenvalue weighted by atomic mass is 35.5. The minimum Gasteiger partial charge on any atom is -0.365 e. The Balaban J connectivity index is 2.74. The van der Waals surface area contributed by atoms with Gasteiger partial charge >= 0.3 is 0 Å².